The third-order valence-corrected chi connectivity index (χ3v) is 4.05. The van der Waals surface area contributed by atoms with Crippen LogP contribution in [0.25, 0.3) is 0 Å². The van der Waals surface area contributed by atoms with Crippen LogP contribution in [0.3, 0.4) is 0 Å². The summed E-state index contributed by atoms with van der Waals surface area (Å²) in [5.41, 5.74) is 0.525. The Bertz CT molecular complexity index is 736. The molecule has 2 aromatic carbocycles. The molecule has 0 saturated heterocycles. The van der Waals surface area contributed by atoms with Crippen molar-refractivity contribution in [1.29, 1.82) is 0 Å². The normalized spacial score (nSPS) is 10.2. The monoisotopic (exact) mass is 394 g/mol. The van der Waals surface area contributed by atoms with Gasteiger partial charge in [-0.2, -0.15) is 0 Å². The molecule has 7 heteroatoms. The summed E-state index contributed by atoms with van der Waals surface area (Å²) < 4.78 is 5.52. The molecule has 5 nitrogen and oxygen atoms in total. The van der Waals surface area contributed by atoms with Crippen LogP contribution in [0.4, 0.5) is 0 Å². The van der Waals surface area contributed by atoms with Crippen LogP contribution in [0.5, 0.6) is 5.75 Å². The maximum atomic E-state index is 11.9. The molecule has 2 N–H and O–H groups in total. The minimum atomic E-state index is -0.205. The summed E-state index contributed by atoms with van der Waals surface area (Å²) >= 11 is 11.8. The molecule has 0 atom stereocenters. The van der Waals surface area contributed by atoms with Crippen molar-refractivity contribution in [3.8, 4) is 5.75 Å². The lowest BCUT2D eigenvalue weighted by Crippen LogP contribution is -2.34. The molecule has 0 heterocycles. The molecule has 0 fully saturated rings. The minimum Gasteiger partial charge on any atom is -0.492 e. The van der Waals surface area contributed by atoms with E-state index < -0.39 is 0 Å². The lowest BCUT2D eigenvalue weighted by atomic mass is 10.2. The smallest absolute Gasteiger partial charge is 0.251 e. The van der Waals surface area contributed by atoms with E-state index in [9.17, 15) is 9.59 Å². The van der Waals surface area contributed by atoms with Crippen LogP contribution in [0, 0.1) is 0 Å². The highest BCUT2D eigenvalue weighted by Crippen LogP contribution is 2.23. The summed E-state index contributed by atoms with van der Waals surface area (Å²) in [7, 11) is 0. The number of para-hydroxylation sites is 1. The fourth-order valence-electron chi connectivity index (χ4n) is 2.15. The van der Waals surface area contributed by atoms with Crippen molar-refractivity contribution in [2.75, 3.05) is 19.7 Å². The van der Waals surface area contributed by atoms with Crippen LogP contribution < -0.4 is 15.4 Å². The molecule has 2 amide bonds. The zero-order chi connectivity index (χ0) is 18.8. The van der Waals surface area contributed by atoms with Gasteiger partial charge in [0.1, 0.15) is 5.75 Å². The van der Waals surface area contributed by atoms with E-state index in [-0.39, 0.29) is 11.8 Å². The molecule has 0 aliphatic carbocycles. The summed E-state index contributed by atoms with van der Waals surface area (Å²) in [5.74, 6) is 0.317. The number of carbonyl (C=O) groups excluding carboxylic acids is 2. The number of amides is 2. The molecule has 0 aliphatic heterocycles. The van der Waals surface area contributed by atoms with Gasteiger partial charge in [0.25, 0.3) is 5.91 Å². The van der Waals surface area contributed by atoms with E-state index >= 15 is 0 Å². The molecule has 2 rings (SSSR count). The Kier molecular flexibility index (Phi) is 8.25. The maximum Gasteiger partial charge on any atom is 0.251 e. The topological polar surface area (TPSA) is 67.4 Å². The van der Waals surface area contributed by atoms with Gasteiger partial charge < -0.3 is 15.4 Å². The molecule has 0 aliphatic rings. The van der Waals surface area contributed by atoms with Crippen LogP contribution in [-0.4, -0.2) is 31.5 Å². The molecule has 0 bridgehead atoms. The SMILES string of the molecule is O=C(CCCOc1ccccc1Cl)NCCNC(=O)c1ccc(Cl)cc1. The fourth-order valence-corrected chi connectivity index (χ4v) is 2.46. The Balaban J connectivity index is 1.55. The molecular weight excluding hydrogens is 375 g/mol. The summed E-state index contributed by atoms with van der Waals surface area (Å²) in [4.78, 5) is 23.6. The number of ether oxygens (including phenoxy) is 1. The van der Waals surface area contributed by atoms with Crippen LogP contribution in [0.2, 0.25) is 10.0 Å². The van der Waals surface area contributed by atoms with Gasteiger partial charge in [-0.25, -0.2) is 0 Å². The van der Waals surface area contributed by atoms with Crippen LogP contribution >= 0.6 is 23.2 Å². The highest BCUT2D eigenvalue weighted by molar-refractivity contribution is 6.32. The van der Waals surface area contributed by atoms with E-state index in [1.165, 1.54) is 0 Å². The molecule has 0 unspecified atom stereocenters. The zero-order valence-electron chi connectivity index (χ0n) is 14.1. The van der Waals surface area contributed by atoms with E-state index in [1.807, 2.05) is 12.1 Å². The minimum absolute atomic E-state index is 0.0894. The van der Waals surface area contributed by atoms with Gasteiger partial charge in [0.15, 0.2) is 0 Å². The van der Waals surface area contributed by atoms with Crippen molar-refractivity contribution < 1.29 is 14.3 Å². The van der Waals surface area contributed by atoms with Crippen LogP contribution in [-0.2, 0) is 4.79 Å². The third kappa shape index (κ3) is 6.94. The molecule has 0 saturated carbocycles. The number of nitrogens with one attached hydrogen (secondary N) is 2. The van der Waals surface area contributed by atoms with Gasteiger partial charge in [-0.15, -0.1) is 0 Å². The Labute approximate surface area is 162 Å². The van der Waals surface area contributed by atoms with Crippen LogP contribution in [0.1, 0.15) is 23.2 Å². The first-order valence-corrected chi connectivity index (χ1v) is 8.99. The summed E-state index contributed by atoms with van der Waals surface area (Å²) in [5, 5.41) is 6.61. The van der Waals surface area contributed by atoms with Crippen molar-refractivity contribution >= 4 is 35.0 Å². The second kappa shape index (κ2) is 10.7. The molecule has 0 radical (unpaired) electrons. The van der Waals surface area contributed by atoms with E-state index in [0.717, 1.165) is 0 Å². The summed E-state index contributed by atoms with van der Waals surface area (Å²) in [6.07, 6.45) is 0.920. The first kappa shape index (κ1) is 20.1. The van der Waals surface area contributed by atoms with Crippen molar-refractivity contribution in [2.45, 2.75) is 12.8 Å². The standard InChI is InChI=1S/C19H20Cl2N2O3/c20-15-9-7-14(8-10-15)19(25)23-12-11-22-18(24)6-3-13-26-17-5-2-1-4-16(17)21/h1-2,4-5,7-10H,3,6,11-13H2,(H,22,24)(H,23,25). The average Bonchev–Trinajstić information content (AvgIpc) is 2.64. The molecule has 26 heavy (non-hydrogen) atoms. The van der Waals surface area contributed by atoms with Crippen LogP contribution in [0.15, 0.2) is 48.5 Å². The lowest BCUT2D eigenvalue weighted by Gasteiger charge is -2.09. The van der Waals surface area contributed by atoms with Crippen molar-refractivity contribution in [1.82, 2.24) is 10.6 Å². The maximum absolute atomic E-state index is 11.9. The fraction of sp³-hybridized carbons (Fsp3) is 0.263. The van der Waals surface area contributed by atoms with Gasteiger partial charge >= 0.3 is 0 Å². The molecule has 0 aromatic heterocycles. The van der Waals surface area contributed by atoms with Crippen molar-refractivity contribution in [3.63, 3.8) is 0 Å². The van der Waals surface area contributed by atoms with Gasteiger partial charge in [-0.05, 0) is 42.8 Å². The van der Waals surface area contributed by atoms with Gasteiger partial charge in [0.05, 0.1) is 11.6 Å². The number of benzene rings is 2. The third-order valence-electron chi connectivity index (χ3n) is 3.48. The van der Waals surface area contributed by atoms with Crippen molar-refractivity contribution in [3.05, 3.63) is 64.1 Å². The lowest BCUT2D eigenvalue weighted by molar-refractivity contribution is -0.121. The summed E-state index contributed by atoms with van der Waals surface area (Å²) in [6, 6.07) is 13.8. The van der Waals surface area contributed by atoms with Gasteiger partial charge in [-0.3, -0.25) is 9.59 Å². The predicted octanol–water partition coefficient (Wildman–Crippen LogP) is 3.70. The number of hydrogen-bond acceptors (Lipinski definition) is 3. The van der Waals surface area contributed by atoms with E-state index in [1.54, 1.807) is 36.4 Å². The highest BCUT2D eigenvalue weighted by Gasteiger charge is 2.06. The highest BCUT2D eigenvalue weighted by atomic mass is 35.5. The number of hydrogen-bond donors (Lipinski definition) is 2. The molecular formula is C19H20Cl2N2O3. The second-order valence-corrected chi connectivity index (χ2v) is 6.34. The number of carbonyl (C=O) groups is 2. The van der Waals surface area contributed by atoms with E-state index in [2.05, 4.69) is 10.6 Å². The zero-order valence-corrected chi connectivity index (χ0v) is 15.6. The Morgan fingerprint density at radius 2 is 1.62 bits per heavy atom. The molecule has 138 valence electrons. The quantitative estimate of drug-likeness (QED) is 0.637. The van der Waals surface area contributed by atoms with Gasteiger partial charge in [0, 0.05) is 30.1 Å². The van der Waals surface area contributed by atoms with Gasteiger partial charge in [-0.1, -0.05) is 35.3 Å². The van der Waals surface area contributed by atoms with E-state index in [0.29, 0.717) is 53.9 Å². The van der Waals surface area contributed by atoms with Gasteiger partial charge in [0.2, 0.25) is 5.91 Å². The molecule has 2 aromatic rings. The number of halogens is 2. The molecule has 0 spiro atoms. The average molecular weight is 395 g/mol. The Morgan fingerprint density at radius 3 is 2.35 bits per heavy atom. The summed E-state index contributed by atoms with van der Waals surface area (Å²) in [6.45, 7) is 1.12. The second-order valence-electron chi connectivity index (χ2n) is 5.50. The first-order chi connectivity index (χ1) is 12.6. The van der Waals surface area contributed by atoms with Crippen molar-refractivity contribution in [2.24, 2.45) is 0 Å². The Hall–Kier alpha value is -2.24. The first-order valence-electron chi connectivity index (χ1n) is 8.24. The Morgan fingerprint density at radius 1 is 0.923 bits per heavy atom. The largest absolute Gasteiger partial charge is 0.492 e. The van der Waals surface area contributed by atoms with E-state index in [4.69, 9.17) is 27.9 Å². The number of rotatable bonds is 9. The predicted molar refractivity (Wildman–Crippen MR) is 103 cm³/mol.